The van der Waals surface area contributed by atoms with Crippen LogP contribution in [0.5, 0.6) is 0 Å². The van der Waals surface area contributed by atoms with Crippen LogP contribution in [0.25, 0.3) is 0 Å². The second kappa shape index (κ2) is 10.8. The Kier molecular flexibility index (Phi) is 8.09. The van der Waals surface area contributed by atoms with Crippen molar-refractivity contribution in [2.24, 2.45) is 11.8 Å². The quantitative estimate of drug-likeness (QED) is 0.670. The number of nitrogens with zero attached hydrogens (tertiary/aromatic N) is 2. The van der Waals surface area contributed by atoms with E-state index in [2.05, 4.69) is 33.7 Å². The van der Waals surface area contributed by atoms with Crippen LogP contribution >= 0.6 is 0 Å². The van der Waals surface area contributed by atoms with Crippen molar-refractivity contribution in [3.8, 4) is 6.07 Å². The van der Waals surface area contributed by atoms with Crippen LogP contribution in [-0.2, 0) is 16.1 Å². The Morgan fingerprint density at radius 1 is 1.16 bits per heavy atom. The average Bonchev–Trinajstić information content (AvgIpc) is 3.17. The van der Waals surface area contributed by atoms with Crippen LogP contribution in [0.3, 0.4) is 0 Å². The third-order valence-electron chi connectivity index (χ3n) is 6.62. The molecule has 2 unspecified atom stereocenters. The summed E-state index contributed by atoms with van der Waals surface area (Å²) in [4.78, 5) is 27.9. The molecule has 1 aromatic rings. The lowest BCUT2D eigenvalue weighted by molar-refractivity contribution is -0.131. The van der Waals surface area contributed by atoms with Crippen molar-refractivity contribution < 1.29 is 9.59 Å². The van der Waals surface area contributed by atoms with E-state index < -0.39 is 11.6 Å². The molecule has 2 amide bonds. The fraction of sp³-hybridized carbons (Fsp3) is 0.640. The molecule has 2 aliphatic rings. The Morgan fingerprint density at radius 3 is 2.52 bits per heavy atom. The molecule has 3 rings (SSSR count). The van der Waals surface area contributed by atoms with Crippen molar-refractivity contribution in [3.63, 3.8) is 0 Å². The summed E-state index contributed by atoms with van der Waals surface area (Å²) in [7, 11) is 0. The number of carbonyl (C=O) groups excluding carboxylic acids is 2. The molecule has 168 valence electrons. The molecule has 1 saturated carbocycles. The zero-order chi connectivity index (χ0) is 22.3. The van der Waals surface area contributed by atoms with Crippen molar-refractivity contribution in [1.29, 1.82) is 5.26 Å². The monoisotopic (exact) mass is 424 g/mol. The number of nitriles is 1. The summed E-state index contributed by atoms with van der Waals surface area (Å²) < 4.78 is 0. The van der Waals surface area contributed by atoms with Gasteiger partial charge in [0.25, 0.3) is 0 Å². The van der Waals surface area contributed by atoms with Gasteiger partial charge in [-0.25, -0.2) is 0 Å². The molecule has 1 aliphatic heterocycles. The van der Waals surface area contributed by atoms with Gasteiger partial charge in [0.2, 0.25) is 11.8 Å². The van der Waals surface area contributed by atoms with Crippen LogP contribution in [0.15, 0.2) is 30.3 Å². The molecule has 1 heterocycles. The van der Waals surface area contributed by atoms with Crippen molar-refractivity contribution in [3.05, 3.63) is 35.9 Å². The van der Waals surface area contributed by atoms with Gasteiger partial charge in [-0.05, 0) is 24.3 Å². The molecule has 0 spiro atoms. The standard InChI is InChI=1S/C25H36N4O2/c1-19(2)23(30)27-22(15-20-9-5-3-6-10-20)24(31)28-25(17-26)13-14-29(18-25)16-21-11-7-4-8-12-21/h4,7-8,11-12,19-20,22H,3,5-6,9-10,13-16,18H2,1-2H3,(H,27,30)(H,28,31). The summed E-state index contributed by atoms with van der Waals surface area (Å²) in [5.74, 6) is -0.0608. The fourth-order valence-corrected chi connectivity index (χ4v) is 4.74. The van der Waals surface area contributed by atoms with Gasteiger partial charge in [-0.2, -0.15) is 5.26 Å². The zero-order valence-corrected chi connectivity index (χ0v) is 18.9. The van der Waals surface area contributed by atoms with E-state index in [9.17, 15) is 14.9 Å². The van der Waals surface area contributed by atoms with Crippen LogP contribution in [0.4, 0.5) is 0 Å². The van der Waals surface area contributed by atoms with E-state index in [0.29, 0.717) is 25.3 Å². The Hall–Kier alpha value is -2.39. The van der Waals surface area contributed by atoms with Gasteiger partial charge in [-0.1, -0.05) is 76.3 Å². The molecule has 6 heteroatoms. The molecule has 0 bridgehead atoms. The lowest BCUT2D eigenvalue weighted by Crippen LogP contribution is -2.57. The number of rotatable bonds is 8. The maximum Gasteiger partial charge on any atom is 0.243 e. The summed E-state index contributed by atoms with van der Waals surface area (Å²) in [6.07, 6.45) is 7.09. The Labute approximate surface area is 186 Å². The van der Waals surface area contributed by atoms with Gasteiger partial charge in [-0.15, -0.1) is 0 Å². The highest BCUT2D eigenvalue weighted by Crippen LogP contribution is 2.28. The second-order valence-electron chi connectivity index (χ2n) is 9.59. The van der Waals surface area contributed by atoms with Gasteiger partial charge in [0.15, 0.2) is 0 Å². The number of carbonyl (C=O) groups is 2. The molecule has 6 nitrogen and oxygen atoms in total. The first-order valence-electron chi connectivity index (χ1n) is 11.7. The maximum atomic E-state index is 13.3. The molecule has 1 saturated heterocycles. The Bertz CT molecular complexity index is 782. The predicted octanol–water partition coefficient (Wildman–Crippen LogP) is 3.38. The molecule has 2 fully saturated rings. The van der Waals surface area contributed by atoms with Crippen LogP contribution < -0.4 is 10.6 Å². The van der Waals surface area contributed by atoms with Crippen molar-refractivity contribution in [2.45, 2.75) is 76.9 Å². The highest BCUT2D eigenvalue weighted by molar-refractivity contribution is 5.89. The lowest BCUT2D eigenvalue weighted by atomic mass is 9.84. The van der Waals surface area contributed by atoms with E-state index in [1.807, 2.05) is 32.0 Å². The largest absolute Gasteiger partial charge is 0.344 e. The average molecular weight is 425 g/mol. The summed E-state index contributed by atoms with van der Waals surface area (Å²) >= 11 is 0. The van der Waals surface area contributed by atoms with E-state index in [-0.39, 0.29) is 17.7 Å². The van der Waals surface area contributed by atoms with E-state index in [1.165, 1.54) is 24.8 Å². The highest BCUT2D eigenvalue weighted by atomic mass is 16.2. The third kappa shape index (κ3) is 6.54. The smallest absolute Gasteiger partial charge is 0.243 e. The number of amides is 2. The minimum Gasteiger partial charge on any atom is -0.344 e. The summed E-state index contributed by atoms with van der Waals surface area (Å²) in [6.45, 7) is 5.68. The number of hydrogen-bond donors (Lipinski definition) is 2. The van der Waals surface area contributed by atoms with Gasteiger partial charge in [-0.3, -0.25) is 14.5 Å². The van der Waals surface area contributed by atoms with Crippen LogP contribution in [0, 0.1) is 23.2 Å². The molecule has 1 aliphatic carbocycles. The summed E-state index contributed by atoms with van der Waals surface area (Å²) in [5.41, 5.74) is 0.293. The lowest BCUT2D eigenvalue weighted by Gasteiger charge is -2.30. The van der Waals surface area contributed by atoms with Crippen molar-refractivity contribution in [2.75, 3.05) is 13.1 Å². The van der Waals surface area contributed by atoms with Gasteiger partial charge < -0.3 is 10.6 Å². The molecule has 1 aromatic carbocycles. The normalized spacial score (nSPS) is 23.3. The summed E-state index contributed by atoms with van der Waals surface area (Å²) in [5, 5.41) is 15.9. The number of hydrogen-bond acceptors (Lipinski definition) is 4. The van der Waals surface area contributed by atoms with E-state index in [4.69, 9.17) is 0 Å². The number of likely N-dealkylation sites (tertiary alicyclic amines) is 1. The topological polar surface area (TPSA) is 85.2 Å². The fourth-order valence-electron chi connectivity index (χ4n) is 4.74. The first kappa shape index (κ1) is 23.3. The molecule has 0 aromatic heterocycles. The minimum atomic E-state index is -0.904. The number of benzene rings is 1. The second-order valence-corrected chi connectivity index (χ2v) is 9.59. The van der Waals surface area contributed by atoms with E-state index in [0.717, 1.165) is 25.9 Å². The Balaban J connectivity index is 1.65. The van der Waals surface area contributed by atoms with E-state index >= 15 is 0 Å². The molecule has 31 heavy (non-hydrogen) atoms. The van der Waals surface area contributed by atoms with Gasteiger partial charge in [0, 0.05) is 25.6 Å². The molecule has 2 N–H and O–H groups in total. The van der Waals surface area contributed by atoms with Crippen molar-refractivity contribution >= 4 is 11.8 Å². The molecule has 2 atom stereocenters. The Morgan fingerprint density at radius 2 is 1.87 bits per heavy atom. The molecule has 0 radical (unpaired) electrons. The maximum absolute atomic E-state index is 13.3. The molecular formula is C25H36N4O2. The predicted molar refractivity (Wildman–Crippen MR) is 121 cm³/mol. The SMILES string of the molecule is CC(C)C(=O)NC(CC1CCCCC1)C(=O)NC1(C#N)CCN(Cc2ccccc2)C1. The highest BCUT2D eigenvalue weighted by Gasteiger charge is 2.41. The van der Waals surface area contributed by atoms with Gasteiger partial charge in [0.1, 0.15) is 11.6 Å². The van der Waals surface area contributed by atoms with Gasteiger partial charge in [0.05, 0.1) is 6.07 Å². The van der Waals surface area contributed by atoms with Gasteiger partial charge >= 0.3 is 0 Å². The molecular weight excluding hydrogens is 388 g/mol. The van der Waals surface area contributed by atoms with Crippen LogP contribution in [-0.4, -0.2) is 41.4 Å². The first-order chi connectivity index (χ1) is 14.9. The minimum absolute atomic E-state index is 0.112. The van der Waals surface area contributed by atoms with Crippen molar-refractivity contribution in [1.82, 2.24) is 15.5 Å². The number of nitrogens with one attached hydrogen (secondary N) is 2. The zero-order valence-electron chi connectivity index (χ0n) is 18.9. The van der Waals surface area contributed by atoms with Crippen LogP contribution in [0.2, 0.25) is 0 Å². The first-order valence-corrected chi connectivity index (χ1v) is 11.7. The third-order valence-corrected chi connectivity index (χ3v) is 6.62. The van der Waals surface area contributed by atoms with Crippen LogP contribution in [0.1, 0.15) is 64.4 Å². The van der Waals surface area contributed by atoms with E-state index in [1.54, 1.807) is 0 Å². The summed E-state index contributed by atoms with van der Waals surface area (Å²) in [6, 6.07) is 12.0.